The normalized spacial score (nSPS) is 13.2. The van der Waals surface area contributed by atoms with E-state index in [9.17, 15) is 0 Å². The first-order valence-corrected chi connectivity index (χ1v) is 9.91. The lowest BCUT2D eigenvalue weighted by Gasteiger charge is -2.12. The first kappa shape index (κ1) is 20.0. The number of methoxy groups -OCH3 is 2. The van der Waals surface area contributed by atoms with Gasteiger partial charge in [0.05, 0.1) is 14.2 Å². The maximum Gasteiger partial charge on any atom is 0.119 e. The number of hydrogen-bond acceptors (Lipinski definition) is 3. The average molecular weight is 376 g/mol. The molecule has 2 aromatic carbocycles. The van der Waals surface area contributed by atoms with Crippen LogP contribution in [-0.2, 0) is 6.42 Å². The topological polar surface area (TPSA) is 38.7 Å². The smallest absolute Gasteiger partial charge is 0.119 e. The number of hydrogen-bond donors (Lipinski definition) is 1. The van der Waals surface area contributed by atoms with Gasteiger partial charge in [-0.1, -0.05) is 24.0 Å². The first-order valence-electron chi connectivity index (χ1n) is 9.91. The summed E-state index contributed by atoms with van der Waals surface area (Å²) in [6.45, 7) is 0.226. The second-order valence-corrected chi connectivity index (χ2v) is 6.94. The number of unbranched alkanes of at least 4 members (excludes halogenated alkanes) is 2. The zero-order chi connectivity index (χ0) is 19.8. The molecule has 0 bridgehead atoms. The number of fused-ring (bicyclic) bond motifs is 1. The van der Waals surface area contributed by atoms with E-state index >= 15 is 0 Å². The Labute approximate surface area is 168 Å². The lowest BCUT2D eigenvalue weighted by atomic mass is 9.92. The van der Waals surface area contributed by atoms with Crippen LogP contribution in [0, 0.1) is 11.8 Å². The van der Waals surface area contributed by atoms with Crippen molar-refractivity contribution in [2.75, 3.05) is 20.8 Å². The highest BCUT2D eigenvalue weighted by Crippen LogP contribution is 2.37. The van der Waals surface area contributed by atoms with E-state index in [-0.39, 0.29) is 6.61 Å². The summed E-state index contributed by atoms with van der Waals surface area (Å²) in [5.74, 6) is 8.55. The third-order valence-electron chi connectivity index (χ3n) is 5.12. The highest BCUT2D eigenvalue weighted by molar-refractivity contribution is 5.99. The average Bonchev–Trinajstić information content (AvgIpc) is 2.92. The van der Waals surface area contributed by atoms with Crippen molar-refractivity contribution in [3.63, 3.8) is 0 Å². The predicted octanol–water partition coefficient (Wildman–Crippen LogP) is 5.12. The molecule has 0 heterocycles. The monoisotopic (exact) mass is 376 g/mol. The second-order valence-electron chi connectivity index (χ2n) is 6.94. The molecule has 0 spiro atoms. The lowest BCUT2D eigenvalue weighted by Crippen LogP contribution is -1.94. The van der Waals surface area contributed by atoms with Crippen molar-refractivity contribution >= 4 is 11.1 Å². The molecule has 3 heteroatoms. The van der Waals surface area contributed by atoms with E-state index in [1.165, 1.54) is 22.3 Å². The van der Waals surface area contributed by atoms with Crippen LogP contribution in [0.1, 0.15) is 48.8 Å². The fourth-order valence-corrected chi connectivity index (χ4v) is 3.59. The van der Waals surface area contributed by atoms with Gasteiger partial charge < -0.3 is 14.6 Å². The summed E-state index contributed by atoms with van der Waals surface area (Å²) >= 11 is 0. The molecule has 0 atom stereocenters. The first-order chi connectivity index (χ1) is 13.8. The van der Waals surface area contributed by atoms with Crippen LogP contribution in [-0.4, -0.2) is 25.9 Å². The van der Waals surface area contributed by atoms with Crippen LogP contribution < -0.4 is 9.47 Å². The Balaban J connectivity index is 2.06. The van der Waals surface area contributed by atoms with Crippen LogP contribution >= 0.6 is 0 Å². The Hall–Kier alpha value is -2.70. The van der Waals surface area contributed by atoms with Crippen molar-refractivity contribution in [3.05, 3.63) is 59.2 Å². The fourth-order valence-electron chi connectivity index (χ4n) is 3.59. The molecule has 28 heavy (non-hydrogen) atoms. The summed E-state index contributed by atoms with van der Waals surface area (Å²) < 4.78 is 10.7. The number of aryl methyl sites for hydroxylation is 1. The van der Waals surface area contributed by atoms with Crippen LogP contribution in [0.5, 0.6) is 11.5 Å². The SMILES string of the molecule is COc1ccc(C2=C(C#CCCCCO)c3ccc(OC)cc3CCC2)cc1. The highest BCUT2D eigenvalue weighted by atomic mass is 16.5. The minimum absolute atomic E-state index is 0.226. The maximum atomic E-state index is 8.98. The van der Waals surface area contributed by atoms with Gasteiger partial charge in [-0.15, -0.1) is 0 Å². The molecule has 0 amide bonds. The van der Waals surface area contributed by atoms with E-state index in [0.717, 1.165) is 55.6 Å². The van der Waals surface area contributed by atoms with Crippen LogP contribution in [0.3, 0.4) is 0 Å². The Morgan fingerprint density at radius 2 is 1.68 bits per heavy atom. The number of rotatable bonds is 6. The molecule has 0 radical (unpaired) electrons. The number of ether oxygens (including phenoxy) is 2. The third-order valence-corrected chi connectivity index (χ3v) is 5.12. The standard InChI is InChI=1S/C25H28O3/c1-27-21-13-11-19(12-14-21)23-10-7-8-20-18-22(28-2)15-16-24(20)25(23)9-5-3-4-6-17-26/h11-16,18,26H,3-4,6-8,10,17H2,1-2H3. The van der Waals surface area contributed by atoms with Gasteiger partial charge in [-0.2, -0.15) is 0 Å². The van der Waals surface area contributed by atoms with E-state index in [1.807, 2.05) is 18.2 Å². The van der Waals surface area contributed by atoms with Gasteiger partial charge in [0.15, 0.2) is 0 Å². The number of benzene rings is 2. The Bertz CT molecular complexity index is 882. The number of aliphatic hydroxyl groups excluding tert-OH is 1. The van der Waals surface area contributed by atoms with Crippen LogP contribution in [0.15, 0.2) is 42.5 Å². The molecule has 0 fully saturated rings. The summed E-state index contributed by atoms with van der Waals surface area (Å²) in [4.78, 5) is 0. The molecule has 3 rings (SSSR count). The van der Waals surface area contributed by atoms with Gasteiger partial charge in [0.2, 0.25) is 0 Å². The van der Waals surface area contributed by atoms with Crippen molar-refractivity contribution in [1.82, 2.24) is 0 Å². The highest BCUT2D eigenvalue weighted by Gasteiger charge is 2.18. The molecule has 1 aliphatic rings. The van der Waals surface area contributed by atoms with Gasteiger partial charge in [-0.25, -0.2) is 0 Å². The van der Waals surface area contributed by atoms with Crippen molar-refractivity contribution in [2.45, 2.75) is 38.5 Å². The van der Waals surface area contributed by atoms with Crippen molar-refractivity contribution in [1.29, 1.82) is 0 Å². The summed E-state index contributed by atoms with van der Waals surface area (Å²) in [5, 5.41) is 8.98. The molecule has 1 N–H and O–H groups in total. The van der Waals surface area contributed by atoms with Gasteiger partial charge in [0.25, 0.3) is 0 Å². The molecule has 2 aromatic rings. The second kappa shape index (κ2) is 10.0. The summed E-state index contributed by atoms with van der Waals surface area (Å²) in [7, 11) is 3.39. The lowest BCUT2D eigenvalue weighted by molar-refractivity contribution is 0.285. The van der Waals surface area contributed by atoms with Gasteiger partial charge in [0, 0.05) is 18.6 Å². The van der Waals surface area contributed by atoms with E-state index in [1.54, 1.807) is 14.2 Å². The fraction of sp³-hybridized carbons (Fsp3) is 0.360. The Kier molecular flexibility index (Phi) is 7.17. The van der Waals surface area contributed by atoms with Crippen LogP contribution in [0.4, 0.5) is 0 Å². The summed E-state index contributed by atoms with van der Waals surface area (Å²) in [6.07, 6.45) is 5.60. The van der Waals surface area contributed by atoms with E-state index in [0.29, 0.717) is 0 Å². The van der Waals surface area contributed by atoms with Crippen molar-refractivity contribution in [3.8, 4) is 23.3 Å². The van der Waals surface area contributed by atoms with E-state index in [4.69, 9.17) is 14.6 Å². The number of allylic oxidation sites excluding steroid dienone is 2. The third kappa shape index (κ3) is 4.77. The largest absolute Gasteiger partial charge is 0.497 e. The van der Waals surface area contributed by atoms with Crippen molar-refractivity contribution < 1.29 is 14.6 Å². The zero-order valence-corrected chi connectivity index (χ0v) is 16.8. The van der Waals surface area contributed by atoms with Crippen LogP contribution in [0.25, 0.3) is 11.1 Å². The van der Waals surface area contributed by atoms with Gasteiger partial charge >= 0.3 is 0 Å². The molecule has 146 valence electrons. The van der Waals surface area contributed by atoms with Gasteiger partial charge in [-0.3, -0.25) is 0 Å². The Morgan fingerprint density at radius 3 is 2.39 bits per heavy atom. The molecule has 0 aliphatic heterocycles. The summed E-state index contributed by atoms with van der Waals surface area (Å²) in [6, 6.07) is 14.6. The molecular weight excluding hydrogens is 348 g/mol. The zero-order valence-electron chi connectivity index (χ0n) is 16.8. The number of aliphatic hydroxyl groups is 1. The molecule has 0 aromatic heterocycles. The molecule has 0 saturated carbocycles. The minimum Gasteiger partial charge on any atom is -0.497 e. The molecule has 3 nitrogen and oxygen atoms in total. The van der Waals surface area contributed by atoms with Crippen LogP contribution in [0.2, 0.25) is 0 Å². The van der Waals surface area contributed by atoms with Gasteiger partial charge in [-0.05, 0) is 84.7 Å². The molecule has 1 aliphatic carbocycles. The van der Waals surface area contributed by atoms with E-state index in [2.05, 4.69) is 36.1 Å². The van der Waals surface area contributed by atoms with Crippen molar-refractivity contribution in [2.24, 2.45) is 0 Å². The maximum absolute atomic E-state index is 8.98. The van der Waals surface area contributed by atoms with E-state index < -0.39 is 0 Å². The molecular formula is C25H28O3. The quantitative estimate of drug-likeness (QED) is 0.562. The molecule has 0 saturated heterocycles. The Morgan fingerprint density at radius 1 is 0.929 bits per heavy atom. The summed E-state index contributed by atoms with van der Waals surface area (Å²) in [5.41, 5.74) is 6.11. The predicted molar refractivity (Wildman–Crippen MR) is 114 cm³/mol. The molecule has 0 unspecified atom stereocenters. The van der Waals surface area contributed by atoms with Gasteiger partial charge in [0.1, 0.15) is 11.5 Å². The minimum atomic E-state index is 0.226.